The fraction of sp³-hybridized carbons (Fsp3) is 0.941. The molecule has 2 heterocycles. The minimum absolute atomic E-state index is 0.676. The molecule has 0 spiro atoms. The zero-order chi connectivity index (χ0) is 15.9. The highest BCUT2D eigenvalue weighted by Crippen LogP contribution is 2.24. The fourth-order valence-electron chi connectivity index (χ4n) is 3.34. The van der Waals surface area contributed by atoms with Crippen molar-refractivity contribution in [1.82, 2.24) is 15.1 Å². The van der Waals surface area contributed by atoms with Gasteiger partial charge in [-0.1, -0.05) is 20.8 Å². The normalized spacial score (nSPS) is 25.8. The second-order valence-electron chi connectivity index (χ2n) is 7.14. The van der Waals surface area contributed by atoms with Crippen molar-refractivity contribution in [3.8, 4) is 0 Å². The van der Waals surface area contributed by atoms with Crippen molar-refractivity contribution >= 4 is 17.7 Å². The van der Waals surface area contributed by atoms with Crippen molar-refractivity contribution in [3.63, 3.8) is 0 Å². The number of likely N-dealkylation sites (tertiary alicyclic amines) is 1. The second kappa shape index (κ2) is 9.02. The lowest BCUT2D eigenvalue weighted by atomic mass is 10.1. The van der Waals surface area contributed by atoms with Crippen molar-refractivity contribution in [2.24, 2.45) is 16.8 Å². The van der Waals surface area contributed by atoms with Crippen molar-refractivity contribution < 1.29 is 0 Å². The van der Waals surface area contributed by atoms with E-state index >= 15 is 0 Å². The highest BCUT2D eigenvalue weighted by atomic mass is 32.2. The molecule has 2 rings (SSSR count). The van der Waals surface area contributed by atoms with E-state index in [-0.39, 0.29) is 0 Å². The van der Waals surface area contributed by atoms with Crippen molar-refractivity contribution in [3.05, 3.63) is 0 Å². The first-order valence-electron chi connectivity index (χ1n) is 8.89. The van der Waals surface area contributed by atoms with E-state index in [9.17, 15) is 0 Å². The van der Waals surface area contributed by atoms with E-state index in [1.807, 2.05) is 7.05 Å². The third-order valence-electron chi connectivity index (χ3n) is 4.73. The molecule has 0 amide bonds. The van der Waals surface area contributed by atoms with E-state index < -0.39 is 0 Å². The van der Waals surface area contributed by atoms with Crippen LogP contribution < -0.4 is 5.32 Å². The first kappa shape index (κ1) is 17.9. The summed E-state index contributed by atoms with van der Waals surface area (Å²) in [4.78, 5) is 9.56. The first-order valence-corrected chi connectivity index (χ1v) is 9.94. The number of nitrogens with zero attached hydrogens (tertiary/aromatic N) is 3. The van der Waals surface area contributed by atoms with Gasteiger partial charge in [0.05, 0.1) is 0 Å². The molecule has 2 aliphatic rings. The third-order valence-corrected chi connectivity index (χ3v) is 6.27. The Balaban J connectivity index is 1.76. The average molecular weight is 327 g/mol. The van der Waals surface area contributed by atoms with Gasteiger partial charge in [0.25, 0.3) is 0 Å². The lowest BCUT2D eigenvalue weighted by Gasteiger charge is -2.36. The highest BCUT2D eigenvalue weighted by molar-refractivity contribution is 8.00. The maximum Gasteiger partial charge on any atom is 0.193 e. The maximum absolute atomic E-state index is 4.52. The predicted octanol–water partition coefficient (Wildman–Crippen LogP) is 2.37. The van der Waals surface area contributed by atoms with Gasteiger partial charge in [-0.3, -0.25) is 4.99 Å². The van der Waals surface area contributed by atoms with E-state index in [0.29, 0.717) is 5.92 Å². The number of thioether (sulfide) groups is 1. The Morgan fingerprint density at radius 1 is 1.23 bits per heavy atom. The van der Waals surface area contributed by atoms with Crippen LogP contribution in [0.3, 0.4) is 0 Å². The molecule has 128 valence electrons. The molecule has 2 saturated heterocycles. The van der Waals surface area contributed by atoms with Gasteiger partial charge < -0.3 is 15.1 Å². The van der Waals surface area contributed by atoms with Crippen LogP contribution >= 0.6 is 11.8 Å². The quantitative estimate of drug-likeness (QED) is 0.621. The summed E-state index contributed by atoms with van der Waals surface area (Å²) in [5.74, 6) is 3.72. The predicted molar refractivity (Wildman–Crippen MR) is 98.9 cm³/mol. The van der Waals surface area contributed by atoms with Gasteiger partial charge in [0.15, 0.2) is 5.96 Å². The van der Waals surface area contributed by atoms with E-state index in [2.05, 4.69) is 52.6 Å². The molecule has 22 heavy (non-hydrogen) atoms. The molecule has 2 atom stereocenters. The molecule has 0 aliphatic carbocycles. The summed E-state index contributed by atoms with van der Waals surface area (Å²) in [6, 6.07) is 0. The number of aliphatic imine (C=N–C) groups is 1. The molecule has 0 aromatic heterocycles. The van der Waals surface area contributed by atoms with E-state index in [1.165, 1.54) is 38.2 Å². The van der Waals surface area contributed by atoms with Crippen LogP contribution in [0.4, 0.5) is 0 Å². The Hall–Kier alpha value is -0.420. The molecular formula is C17H34N4S. The lowest BCUT2D eigenvalue weighted by molar-refractivity contribution is 0.285. The van der Waals surface area contributed by atoms with Crippen LogP contribution in [0.25, 0.3) is 0 Å². The zero-order valence-electron chi connectivity index (χ0n) is 14.8. The number of hydrogen-bond donors (Lipinski definition) is 1. The largest absolute Gasteiger partial charge is 0.356 e. The molecule has 2 unspecified atom stereocenters. The summed E-state index contributed by atoms with van der Waals surface area (Å²) < 4.78 is 0. The summed E-state index contributed by atoms with van der Waals surface area (Å²) in [7, 11) is 1.92. The van der Waals surface area contributed by atoms with Gasteiger partial charge in [0.1, 0.15) is 0 Å². The molecule has 1 N–H and O–H groups in total. The lowest BCUT2D eigenvalue weighted by Crippen LogP contribution is -2.50. The van der Waals surface area contributed by atoms with Crippen molar-refractivity contribution in [1.29, 1.82) is 0 Å². The highest BCUT2D eigenvalue weighted by Gasteiger charge is 2.25. The van der Waals surface area contributed by atoms with Gasteiger partial charge in [0, 0.05) is 44.2 Å². The second-order valence-corrected chi connectivity index (χ2v) is 8.49. The molecule has 0 aromatic carbocycles. The first-order chi connectivity index (χ1) is 10.6. The van der Waals surface area contributed by atoms with Gasteiger partial charge >= 0.3 is 0 Å². The number of rotatable bonds is 5. The number of guanidine groups is 1. The Bertz CT molecular complexity index is 353. The van der Waals surface area contributed by atoms with Gasteiger partial charge in [-0.25, -0.2) is 0 Å². The smallest absolute Gasteiger partial charge is 0.193 e. The number of nitrogens with one attached hydrogen (secondary N) is 1. The average Bonchev–Trinajstić information content (AvgIpc) is 3.01. The standard InChI is InChI=1S/C17H34N4S/c1-14(2)16-13-21(9-10-22-16)17(18-4)19-11-15(3)12-20-7-5-6-8-20/h14-16H,5-13H2,1-4H3,(H,18,19). The van der Waals surface area contributed by atoms with Crippen molar-refractivity contribution in [2.45, 2.75) is 38.9 Å². The number of hydrogen-bond acceptors (Lipinski definition) is 3. The fourth-order valence-corrected chi connectivity index (χ4v) is 4.64. The van der Waals surface area contributed by atoms with Crippen LogP contribution in [0, 0.1) is 11.8 Å². The Kier molecular flexibility index (Phi) is 7.35. The molecule has 5 heteroatoms. The summed E-state index contributed by atoms with van der Waals surface area (Å²) in [6.45, 7) is 14.1. The van der Waals surface area contributed by atoms with Crippen LogP contribution in [0.1, 0.15) is 33.6 Å². The molecule has 2 aliphatic heterocycles. The minimum atomic E-state index is 0.676. The summed E-state index contributed by atoms with van der Waals surface area (Å²) >= 11 is 2.12. The van der Waals surface area contributed by atoms with Crippen molar-refractivity contribution in [2.75, 3.05) is 52.1 Å². The van der Waals surface area contributed by atoms with Gasteiger partial charge in [-0.15, -0.1) is 0 Å². The molecule has 0 bridgehead atoms. The molecule has 0 radical (unpaired) electrons. The third kappa shape index (κ3) is 5.34. The van der Waals surface area contributed by atoms with Crippen LogP contribution in [-0.2, 0) is 0 Å². The van der Waals surface area contributed by atoms with Gasteiger partial charge in [-0.05, 0) is 37.8 Å². The van der Waals surface area contributed by atoms with Gasteiger partial charge in [0.2, 0.25) is 0 Å². The molecule has 0 aromatic rings. The van der Waals surface area contributed by atoms with Crippen LogP contribution in [0.15, 0.2) is 4.99 Å². The molecule has 2 fully saturated rings. The summed E-state index contributed by atoms with van der Waals surface area (Å²) in [5, 5.41) is 4.34. The SMILES string of the molecule is CN=C(NCC(C)CN1CCCC1)N1CCSC(C(C)C)C1. The Morgan fingerprint density at radius 2 is 1.95 bits per heavy atom. The Labute approximate surface area is 141 Å². The molecular weight excluding hydrogens is 292 g/mol. The maximum atomic E-state index is 4.52. The van der Waals surface area contributed by atoms with E-state index in [4.69, 9.17) is 0 Å². The van der Waals surface area contributed by atoms with Gasteiger partial charge in [-0.2, -0.15) is 11.8 Å². The van der Waals surface area contributed by atoms with E-state index in [1.54, 1.807) is 0 Å². The Morgan fingerprint density at radius 3 is 2.59 bits per heavy atom. The monoisotopic (exact) mass is 326 g/mol. The summed E-state index contributed by atoms with van der Waals surface area (Å²) in [5.41, 5.74) is 0. The summed E-state index contributed by atoms with van der Waals surface area (Å²) in [6.07, 6.45) is 2.76. The molecule has 4 nitrogen and oxygen atoms in total. The minimum Gasteiger partial charge on any atom is -0.356 e. The molecule has 0 saturated carbocycles. The van der Waals surface area contributed by atoms with E-state index in [0.717, 1.165) is 36.8 Å². The zero-order valence-corrected chi connectivity index (χ0v) is 15.7. The topological polar surface area (TPSA) is 30.9 Å². The van der Waals surface area contributed by atoms with Crippen LogP contribution in [-0.4, -0.2) is 73.1 Å². The van der Waals surface area contributed by atoms with Crippen LogP contribution in [0.5, 0.6) is 0 Å². The van der Waals surface area contributed by atoms with Crippen LogP contribution in [0.2, 0.25) is 0 Å².